The molecule has 1 unspecified atom stereocenters. The van der Waals surface area contributed by atoms with Crippen molar-refractivity contribution < 1.29 is 14.7 Å². The summed E-state index contributed by atoms with van der Waals surface area (Å²) in [5.74, 6) is 1.47. The van der Waals surface area contributed by atoms with Gasteiger partial charge >= 0.3 is 5.97 Å². The van der Waals surface area contributed by atoms with Gasteiger partial charge in [-0.05, 0) is 12.8 Å². The Morgan fingerprint density at radius 3 is 3.00 bits per heavy atom. The van der Waals surface area contributed by atoms with Crippen molar-refractivity contribution in [2.75, 3.05) is 6.54 Å². The SMILES string of the molecule is C#CCCCN1C(=O)CCC1C(=O)O. The fourth-order valence-corrected chi connectivity index (χ4v) is 1.62. The predicted molar refractivity (Wildman–Crippen MR) is 50.4 cm³/mol. The van der Waals surface area contributed by atoms with E-state index in [2.05, 4.69) is 5.92 Å². The molecule has 14 heavy (non-hydrogen) atoms. The summed E-state index contributed by atoms with van der Waals surface area (Å²) in [6, 6.07) is -0.639. The van der Waals surface area contributed by atoms with E-state index in [1.54, 1.807) is 0 Å². The Balaban J connectivity index is 2.50. The first-order chi connectivity index (χ1) is 6.66. The van der Waals surface area contributed by atoms with Gasteiger partial charge in [0.15, 0.2) is 0 Å². The number of hydrogen-bond acceptors (Lipinski definition) is 2. The number of carboxylic acids is 1. The largest absolute Gasteiger partial charge is 0.480 e. The van der Waals surface area contributed by atoms with Crippen molar-refractivity contribution in [1.82, 2.24) is 4.90 Å². The number of carbonyl (C=O) groups excluding carboxylic acids is 1. The van der Waals surface area contributed by atoms with E-state index < -0.39 is 12.0 Å². The Morgan fingerprint density at radius 2 is 2.43 bits per heavy atom. The van der Waals surface area contributed by atoms with Gasteiger partial charge in [0, 0.05) is 19.4 Å². The Kier molecular flexibility index (Phi) is 3.52. The van der Waals surface area contributed by atoms with Crippen LogP contribution in [0.25, 0.3) is 0 Å². The van der Waals surface area contributed by atoms with Crippen molar-refractivity contribution in [3.63, 3.8) is 0 Å². The number of unbranched alkanes of at least 4 members (excludes halogenated alkanes) is 1. The summed E-state index contributed by atoms with van der Waals surface area (Å²) >= 11 is 0. The van der Waals surface area contributed by atoms with Crippen LogP contribution in [0.3, 0.4) is 0 Å². The van der Waals surface area contributed by atoms with Crippen molar-refractivity contribution in [2.24, 2.45) is 0 Å². The topological polar surface area (TPSA) is 57.6 Å². The number of carbonyl (C=O) groups is 2. The number of hydrogen-bond donors (Lipinski definition) is 1. The minimum Gasteiger partial charge on any atom is -0.480 e. The summed E-state index contributed by atoms with van der Waals surface area (Å²) in [6.45, 7) is 0.458. The lowest BCUT2D eigenvalue weighted by molar-refractivity contribution is -0.146. The van der Waals surface area contributed by atoms with Crippen molar-refractivity contribution in [2.45, 2.75) is 31.7 Å². The average Bonchev–Trinajstić information content (AvgIpc) is 2.48. The first-order valence-corrected chi connectivity index (χ1v) is 4.62. The van der Waals surface area contributed by atoms with Gasteiger partial charge in [-0.2, -0.15) is 0 Å². The molecule has 1 fully saturated rings. The molecule has 1 heterocycles. The molecule has 1 amide bonds. The smallest absolute Gasteiger partial charge is 0.326 e. The summed E-state index contributed by atoms with van der Waals surface area (Å²) in [6.07, 6.45) is 7.09. The zero-order valence-electron chi connectivity index (χ0n) is 7.90. The van der Waals surface area contributed by atoms with Crippen LogP contribution < -0.4 is 0 Å². The Bertz CT molecular complexity index is 280. The highest BCUT2D eigenvalue weighted by Crippen LogP contribution is 2.19. The lowest BCUT2D eigenvalue weighted by Gasteiger charge is -2.20. The van der Waals surface area contributed by atoms with Gasteiger partial charge in [-0.25, -0.2) is 4.79 Å². The highest BCUT2D eigenvalue weighted by atomic mass is 16.4. The van der Waals surface area contributed by atoms with Crippen LogP contribution in [-0.4, -0.2) is 34.5 Å². The molecule has 1 rings (SSSR count). The van der Waals surface area contributed by atoms with Gasteiger partial charge < -0.3 is 10.0 Å². The standard InChI is InChI=1S/C10H13NO3/c1-2-3-4-7-11-8(10(13)14)5-6-9(11)12/h1,8H,3-7H2,(H,13,14). The van der Waals surface area contributed by atoms with Gasteiger partial charge in [0.1, 0.15) is 6.04 Å². The maximum Gasteiger partial charge on any atom is 0.326 e. The maximum atomic E-state index is 11.3. The second-order valence-electron chi connectivity index (χ2n) is 3.29. The molecule has 0 bridgehead atoms. The number of terminal acetylenes is 1. The fraction of sp³-hybridized carbons (Fsp3) is 0.600. The number of likely N-dealkylation sites (tertiary alicyclic amines) is 1. The summed E-state index contributed by atoms with van der Waals surface area (Å²) in [5, 5.41) is 8.82. The van der Waals surface area contributed by atoms with E-state index in [9.17, 15) is 9.59 Å². The number of nitrogens with zero attached hydrogens (tertiary/aromatic N) is 1. The molecule has 1 N–H and O–H groups in total. The third-order valence-corrected chi connectivity index (χ3v) is 2.33. The monoisotopic (exact) mass is 195 g/mol. The second kappa shape index (κ2) is 4.66. The van der Waals surface area contributed by atoms with E-state index >= 15 is 0 Å². The van der Waals surface area contributed by atoms with Gasteiger partial charge in [0.25, 0.3) is 0 Å². The van der Waals surface area contributed by atoms with E-state index in [0.29, 0.717) is 32.2 Å². The third-order valence-electron chi connectivity index (χ3n) is 2.33. The molecule has 0 aromatic carbocycles. The van der Waals surface area contributed by atoms with Crippen LogP contribution in [0.5, 0.6) is 0 Å². The molecule has 1 aliphatic rings. The molecular weight excluding hydrogens is 182 g/mol. The van der Waals surface area contributed by atoms with Crippen molar-refractivity contribution in [1.29, 1.82) is 0 Å². The maximum absolute atomic E-state index is 11.3. The second-order valence-corrected chi connectivity index (χ2v) is 3.29. The first kappa shape index (κ1) is 10.6. The van der Waals surface area contributed by atoms with Gasteiger partial charge in [0.05, 0.1) is 0 Å². The zero-order chi connectivity index (χ0) is 10.6. The molecule has 1 aliphatic heterocycles. The predicted octanol–water partition coefficient (Wildman–Crippen LogP) is 0.475. The van der Waals surface area contributed by atoms with Gasteiger partial charge in [-0.1, -0.05) is 0 Å². The van der Waals surface area contributed by atoms with Crippen LogP contribution >= 0.6 is 0 Å². The van der Waals surface area contributed by atoms with Crippen LogP contribution in [0, 0.1) is 12.3 Å². The van der Waals surface area contributed by atoms with Crippen LogP contribution in [0.15, 0.2) is 0 Å². The minimum absolute atomic E-state index is 0.0746. The van der Waals surface area contributed by atoms with E-state index in [1.807, 2.05) is 0 Å². The molecule has 4 nitrogen and oxygen atoms in total. The fourth-order valence-electron chi connectivity index (χ4n) is 1.62. The van der Waals surface area contributed by atoms with Crippen LogP contribution in [0.4, 0.5) is 0 Å². The molecular formula is C10H13NO3. The summed E-state index contributed by atoms with van der Waals surface area (Å²) in [5.41, 5.74) is 0. The Morgan fingerprint density at radius 1 is 1.71 bits per heavy atom. The highest BCUT2D eigenvalue weighted by molar-refractivity contribution is 5.87. The lowest BCUT2D eigenvalue weighted by atomic mass is 10.2. The number of carboxylic acid groups (broad SMARTS) is 1. The molecule has 4 heteroatoms. The van der Waals surface area contributed by atoms with Gasteiger partial charge in [-0.15, -0.1) is 12.3 Å². The van der Waals surface area contributed by atoms with Crippen LogP contribution in [-0.2, 0) is 9.59 Å². The zero-order valence-corrected chi connectivity index (χ0v) is 7.90. The van der Waals surface area contributed by atoms with Crippen molar-refractivity contribution >= 4 is 11.9 Å². The summed E-state index contributed by atoms with van der Waals surface area (Å²) in [4.78, 5) is 23.5. The first-order valence-electron chi connectivity index (χ1n) is 4.62. The Hall–Kier alpha value is -1.50. The molecule has 0 saturated carbocycles. The number of amides is 1. The van der Waals surface area contributed by atoms with E-state index in [0.717, 1.165) is 0 Å². The number of aliphatic carboxylic acids is 1. The third kappa shape index (κ3) is 2.25. The average molecular weight is 195 g/mol. The minimum atomic E-state index is -0.920. The Labute approximate surface area is 82.9 Å². The molecule has 1 saturated heterocycles. The van der Waals surface area contributed by atoms with Gasteiger partial charge in [0.2, 0.25) is 5.91 Å². The molecule has 1 atom stereocenters. The molecule has 0 aromatic rings. The van der Waals surface area contributed by atoms with E-state index in [4.69, 9.17) is 11.5 Å². The van der Waals surface area contributed by atoms with E-state index in [-0.39, 0.29) is 5.91 Å². The van der Waals surface area contributed by atoms with Crippen molar-refractivity contribution in [3.8, 4) is 12.3 Å². The van der Waals surface area contributed by atoms with Crippen LogP contribution in [0.1, 0.15) is 25.7 Å². The van der Waals surface area contributed by atoms with E-state index in [1.165, 1.54) is 4.90 Å². The molecule has 0 aromatic heterocycles. The number of rotatable bonds is 4. The lowest BCUT2D eigenvalue weighted by Crippen LogP contribution is -2.39. The molecule has 0 aliphatic carbocycles. The summed E-state index contributed by atoms with van der Waals surface area (Å²) in [7, 11) is 0. The quantitative estimate of drug-likeness (QED) is 0.524. The molecule has 0 radical (unpaired) electrons. The van der Waals surface area contributed by atoms with Crippen LogP contribution in [0.2, 0.25) is 0 Å². The van der Waals surface area contributed by atoms with Gasteiger partial charge in [-0.3, -0.25) is 4.79 Å². The highest BCUT2D eigenvalue weighted by Gasteiger charge is 2.35. The molecule has 76 valence electrons. The summed E-state index contributed by atoms with van der Waals surface area (Å²) < 4.78 is 0. The van der Waals surface area contributed by atoms with Crippen molar-refractivity contribution in [3.05, 3.63) is 0 Å². The normalized spacial score (nSPS) is 20.9. The molecule has 0 spiro atoms.